The summed E-state index contributed by atoms with van der Waals surface area (Å²) in [5, 5.41) is 66.9. The normalized spacial score (nSPS) is 16.4. The number of carbonyl (C=O) groups is 12. The van der Waals surface area contributed by atoms with Crippen LogP contribution in [0.4, 0.5) is 0 Å². The number of nitrogens with one attached hydrogen (secondary N) is 8. The fourth-order valence-electron chi connectivity index (χ4n) is 8.89. The molecule has 2 heterocycles. The van der Waals surface area contributed by atoms with E-state index in [0.29, 0.717) is 22.0 Å². The van der Waals surface area contributed by atoms with Gasteiger partial charge in [0.25, 0.3) is 0 Å². The number of benzene rings is 2. The zero-order valence-electron chi connectivity index (χ0n) is 45.3. The van der Waals surface area contributed by atoms with Crippen molar-refractivity contribution in [3.8, 4) is 5.75 Å². The lowest BCUT2D eigenvalue weighted by atomic mass is 10.00. The second-order valence-electron chi connectivity index (χ2n) is 20.3. The molecule has 10 atom stereocenters. The summed E-state index contributed by atoms with van der Waals surface area (Å²) < 4.78 is 0. The highest BCUT2D eigenvalue weighted by Gasteiger charge is 2.41. The first kappa shape index (κ1) is 64.9. The number of primary amides is 1. The van der Waals surface area contributed by atoms with Crippen LogP contribution in [0.25, 0.3) is 10.9 Å². The predicted molar refractivity (Wildman–Crippen MR) is 287 cm³/mol. The average Bonchev–Trinajstić information content (AvgIpc) is 4.16. The van der Waals surface area contributed by atoms with Gasteiger partial charge in [-0.15, -0.1) is 0 Å². The number of aromatic amines is 1. The number of H-pyrrole nitrogens is 1. The standard InChI is InChI=1S/C53H73N11O17/c1-26(2)22-37(60-45(72)33(54)15-18-41(55)67)48(75)62-39(23-29-11-13-31(66)14-12-29)52(79)64-21-7-10-40(64)50(77)58-36(17-20-43(70)71)47(74)61-38(24-30-25-56-34-9-6-5-8-32(30)34)49(76)63-44(28(4)65)51(78)59-35(16-19-42(68)69)46(73)57-27(3)53(80)81/h5-6,8-9,11-14,25-28,33,35-40,44,56,65-66H,7,10,15-24,54H2,1-4H3,(H2,55,67)(H,57,73)(H,58,77)(H,59,78)(H,60,72)(H,61,74)(H,62,75)(H,63,76)(H,68,69)(H,70,71)(H,80,81). The molecule has 81 heavy (non-hydrogen) atoms. The SMILES string of the molecule is CC(C)CC(NC(=O)C(N)CCC(N)=O)C(=O)NC(Cc1ccc(O)cc1)C(=O)N1CCCC1C(=O)NC(CCC(=O)O)C(=O)NC(Cc1c[nH]c2ccccc12)C(=O)NC(C(=O)NC(CCC(=O)O)C(=O)NC(C)C(=O)O)C(C)O. The first-order chi connectivity index (χ1) is 38.1. The third-order valence-corrected chi connectivity index (χ3v) is 13.3. The molecule has 1 aliphatic rings. The maximum Gasteiger partial charge on any atom is 0.325 e. The lowest BCUT2D eigenvalue weighted by Crippen LogP contribution is -2.62. The van der Waals surface area contributed by atoms with E-state index in [9.17, 15) is 83.1 Å². The number of fused-ring (bicyclic) bond motifs is 1. The number of rotatable bonds is 32. The molecule has 0 saturated carbocycles. The molecule has 4 rings (SSSR count). The summed E-state index contributed by atoms with van der Waals surface area (Å²) in [6, 6.07) is -0.956. The van der Waals surface area contributed by atoms with Gasteiger partial charge in [0, 0.05) is 55.7 Å². The van der Waals surface area contributed by atoms with Crippen molar-refractivity contribution in [1.82, 2.24) is 47.1 Å². The molecule has 3 aromatic rings. The van der Waals surface area contributed by atoms with Crippen LogP contribution >= 0.6 is 0 Å². The zero-order chi connectivity index (χ0) is 60.2. The first-order valence-electron chi connectivity index (χ1n) is 26.3. The molecule has 0 aliphatic carbocycles. The van der Waals surface area contributed by atoms with E-state index < -0.39 is 157 Å². The summed E-state index contributed by atoms with van der Waals surface area (Å²) in [7, 11) is 0. The number of likely N-dealkylation sites (tertiary alicyclic amines) is 1. The minimum absolute atomic E-state index is 0.0247. The van der Waals surface area contributed by atoms with E-state index in [4.69, 9.17) is 11.5 Å². The van der Waals surface area contributed by atoms with E-state index >= 15 is 0 Å². The van der Waals surface area contributed by atoms with Crippen LogP contribution in [0.5, 0.6) is 5.75 Å². The van der Waals surface area contributed by atoms with Gasteiger partial charge >= 0.3 is 17.9 Å². The quantitative estimate of drug-likeness (QED) is 0.0318. The predicted octanol–water partition coefficient (Wildman–Crippen LogP) is -2.10. The Balaban J connectivity index is 1.64. The molecular weight excluding hydrogens is 1060 g/mol. The molecule has 9 amide bonds. The van der Waals surface area contributed by atoms with Crippen molar-refractivity contribution < 1.29 is 83.1 Å². The van der Waals surface area contributed by atoms with Crippen LogP contribution in [0.2, 0.25) is 0 Å². The zero-order valence-corrected chi connectivity index (χ0v) is 45.3. The van der Waals surface area contributed by atoms with Crippen molar-refractivity contribution in [1.29, 1.82) is 0 Å². The van der Waals surface area contributed by atoms with Gasteiger partial charge < -0.3 is 84.1 Å². The van der Waals surface area contributed by atoms with Gasteiger partial charge in [0.15, 0.2) is 0 Å². The Morgan fingerprint density at radius 3 is 1.79 bits per heavy atom. The van der Waals surface area contributed by atoms with Gasteiger partial charge in [-0.1, -0.05) is 44.2 Å². The number of carboxylic acids is 3. The average molecular weight is 1140 g/mol. The van der Waals surface area contributed by atoms with Crippen LogP contribution in [-0.2, 0) is 70.4 Å². The molecule has 442 valence electrons. The number of phenols is 1. The molecule has 1 saturated heterocycles. The molecule has 0 radical (unpaired) electrons. The molecule has 10 unspecified atom stereocenters. The number of aliphatic hydroxyl groups excluding tert-OH is 1. The van der Waals surface area contributed by atoms with Crippen molar-refractivity contribution in [2.24, 2.45) is 17.4 Å². The number of hydrogen-bond acceptors (Lipinski definition) is 15. The summed E-state index contributed by atoms with van der Waals surface area (Å²) >= 11 is 0. The van der Waals surface area contributed by atoms with Crippen LogP contribution in [0, 0.1) is 5.92 Å². The number of carbonyl (C=O) groups excluding carboxylic acids is 9. The smallest absolute Gasteiger partial charge is 0.325 e. The van der Waals surface area contributed by atoms with Crippen molar-refractivity contribution in [3.63, 3.8) is 0 Å². The number of aliphatic carboxylic acids is 3. The molecule has 1 aliphatic heterocycles. The lowest BCUT2D eigenvalue weighted by Gasteiger charge is -2.31. The minimum Gasteiger partial charge on any atom is -0.508 e. The highest BCUT2D eigenvalue weighted by atomic mass is 16.4. The molecule has 1 fully saturated rings. The molecule has 0 spiro atoms. The van der Waals surface area contributed by atoms with Gasteiger partial charge in [-0.25, -0.2) is 0 Å². The van der Waals surface area contributed by atoms with Crippen molar-refractivity contribution in [2.45, 2.75) is 159 Å². The Labute approximate surface area is 465 Å². The van der Waals surface area contributed by atoms with E-state index in [2.05, 4.69) is 42.2 Å². The van der Waals surface area contributed by atoms with Gasteiger partial charge in [-0.3, -0.25) is 57.5 Å². The summed E-state index contributed by atoms with van der Waals surface area (Å²) in [4.78, 5) is 163. The molecule has 2 aromatic carbocycles. The second-order valence-corrected chi connectivity index (χ2v) is 20.3. The number of nitrogens with zero attached hydrogens (tertiary/aromatic N) is 1. The van der Waals surface area contributed by atoms with E-state index in [0.717, 1.165) is 13.8 Å². The number of amides is 9. The van der Waals surface area contributed by atoms with Gasteiger partial charge in [-0.2, -0.15) is 0 Å². The molecule has 28 nitrogen and oxygen atoms in total. The van der Waals surface area contributed by atoms with Crippen LogP contribution in [0.15, 0.2) is 54.7 Å². The van der Waals surface area contributed by atoms with Crippen molar-refractivity contribution in [3.05, 3.63) is 65.9 Å². The summed E-state index contributed by atoms with van der Waals surface area (Å²) in [6.45, 7) is 5.77. The van der Waals surface area contributed by atoms with E-state index in [-0.39, 0.29) is 63.2 Å². The third-order valence-electron chi connectivity index (χ3n) is 13.3. The molecule has 28 heteroatoms. The summed E-state index contributed by atoms with van der Waals surface area (Å²) in [5.41, 5.74) is 12.7. The topological polar surface area (TPSA) is 461 Å². The number of aromatic nitrogens is 1. The molecule has 17 N–H and O–H groups in total. The van der Waals surface area contributed by atoms with Crippen molar-refractivity contribution in [2.75, 3.05) is 6.54 Å². The van der Waals surface area contributed by atoms with Crippen LogP contribution < -0.4 is 48.7 Å². The highest BCUT2D eigenvalue weighted by Crippen LogP contribution is 2.23. The van der Waals surface area contributed by atoms with E-state index in [1.54, 1.807) is 38.1 Å². The number of aliphatic hydroxyl groups is 1. The largest absolute Gasteiger partial charge is 0.508 e. The summed E-state index contributed by atoms with van der Waals surface area (Å²) in [6.07, 6.45) is -3.06. The number of nitrogens with two attached hydrogens (primary N) is 2. The first-order valence-corrected chi connectivity index (χ1v) is 26.3. The number of aromatic hydroxyl groups is 1. The Morgan fingerprint density at radius 1 is 0.642 bits per heavy atom. The fourth-order valence-corrected chi connectivity index (χ4v) is 8.89. The second kappa shape index (κ2) is 30.6. The molecule has 0 bridgehead atoms. The van der Waals surface area contributed by atoms with Crippen LogP contribution in [-0.4, -0.2) is 174 Å². The molecule has 1 aromatic heterocycles. The number of phenolic OH excluding ortho intramolecular Hbond substituents is 1. The Kier molecular flexibility index (Phi) is 24.5. The van der Waals surface area contributed by atoms with E-state index in [1.807, 2.05) is 0 Å². The Bertz CT molecular complexity index is 2770. The van der Waals surface area contributed by atoms with Crippen LogP contribution in [0.1, 0.15) is 96.6 Å². The third kappa shape index (κ3) is 20.2. The maximum atomic E-state index is 14.7. The number of para-hydroxylation sites is 1. The fraction of sp³-hybridized carbons (Fsp3) is 0.509. The van der Waals surface area contributed by atoms with Gasteiger partial charge in [0.2, 0.25) is 53.2 Å². The minimum atomic E-state index is -1.90. The number of hydrogen-bond donors (Lipinski definition) is 15. The van der Waals surface area contributed by atoms with Gasteiger partial charge in [-0.05, 0) is 87.6 Å². The summed E-state index contributed by atoms with van der Waals surface area (Å²) in [5.74, 6) is -12.9. The Morgan fingerprint density at radius 2 is 1.20 bits per heavy atom. The lowest BCUT2D eigenvalue weighted by molar-refractivity contribution is -0.143. The highest BCUT2D eigenvalue weighted by molar-refractivity contribution is 5.99. The van der Waals surface area contributed by atoms with Gasteiger partial charge in [0.1, 0.15) is 54.1 Å². The Hall–Kier alpha value is -8.66. The van der Waals surface area contributed by atoms with Crippen molar-refractivity contribution >= 4 is 82.0 Å². The number of carboxylic acid groups (broad SMARTS) is 3. The molecular formula is C53H73N11O17. The van der Waals surface area contributed by atoms with Gasteiger partial charge in [0.05, 0.1) is 12.1 Å². The van der Waals surface area contributed by atoms with Crippen LogP contribution in [0.3, 0.4) is 0 Å². The van der Waals surface area contributed by atoms with E-state index in [1.165, 1.54) is 35.4 Å². The monoisotopic (exact) mass is 1140 g/mol. The maximum absolute atomic E-state index is 14.7.